The summed E-state index contributed by atoms with van der Waals surface area (Å²) in [6.07, 6.45) is 1.25. The van der Waals surface area contributed by atoms with Gasteiger partial charge in [0.05, 0.1) is 11.1 Å². The van der Waals surface area contributed by atoms with Gasteiger partial charge in [-0.1, -0.05) is 53.5 Å². The molecule has 0 saturated heterocycles. The summed E-state index contributed by atoms with van der Waals surface area (Å²) < 4.78 is 0. The standard InChI is InChI=1S/C18H14Cl2N2O2/c1-11(12-5-3-2-4-6-12)22-18(24)14(10-21)7-13-8-15(19)9-16(20)17(13)23/h2-9,11,23H,1H3,(H,22,24)/b14-7-/t11-/m1/s1. The number of rotatable bonds is 4. The third kappa shape index (κ3) is 4.29. The maximum atomic E-state index is 12.3. The van der Waals surface area contributed by atoms with Crippen molar-refractivity contribution in [3.8, 4) is 11.8 Å². The number of aromatic hydroxyl groups is 1. The Bertz CT molecular complexity index is 827. The van der Waals surface area contributed by atoms with E-state index < -0.39 is 5.91 Å². The van der Waals surface area contributed by atoms with Crippen LogP contribution < -0.4 is 5.32 Å². The highest BCUT2D eigenvalue weighted by Crippen LogP contribution is 2.32. The third-order valence-corrected chi connectivity index (χ3v) is 3.88. The zero-order valence-corrected chi connectivity index (χ0v) is 14.3. The van der Waals surface area contributed by atoms with Crippen LogP contribution in [0.4, 0.5) is 0 Å². The largest absolute Gasteiger partial charge is 0.506 e. The molecule has 0 aliphatic rings. The molecule has 1 amide bonds. The van der Waals surface area contributed by atoms with Gasteiger partial charge < -0.3 is 10.4 Å². The zero-order valence-electron chi connectivity index (χ0n) is 12.8. The van der Waals surface area contributed by atoms with E-state index in [1.165, 1.54) is 18.2 Å². The first-order valence-corrected chi connectivity index (χ1v) is 7.83. The lowest BCUT2D eigenvalue weighted by atomic mass is 10.1. The normalized spacial score (nSPS) is 12.3. The number of carbonyl (C=O) groups excluding carboxylic acids is 1. The van der Waals surface area contributed by atoms with E-state index in [9.17, 15) is 15.2 Å². The fourth-order valence-corrected chi connectivity index (χ4v) is 2.61. The Morgan fingerprint density at radius 3 is 2.58 bits per heavy atom. The molecule has 0 spiro atoms. The average molecular weight is 361 g/mol. The molecule has 2 rings (SSSR count). The maximum absolute atomic E-state index is 12.3. The van der Waals surface area contributed by atoms with E-state index in [0.717, 1.165) is 5.56 Å². The van der Waals surface area contributed by atoms with Crippen LogP contribution in [-0.2, 0) is 4.79 Å². The quantitative estimate of drug-likeness (QED) is 0.623. The second-order valence-electron chi connectivity index (χ2n) is 5.10. The molecule has 2 N–H and O–H groups in total. The molecule has 0 aliphatic heterocycles. The van der Waals surface area contributed by atoms with Crippen LogP contribution in [0.5, 0.6) is 5.75 Å². The Morgan fingerprint density at radius 1 is 1.29 bits per heavy atom. The lowest BCUT2D eigenvalue weighted by Gasteiger charge is -2.14. The van der Waals surface area contributed by atoms with E-state index >= 15 is 0 Å². The molecule has 24 heavy (non-hydrogen) atoms. The minimum absolute atomic E-state index is 0.0455. The van der Waals surface area contributed by atoms with Crippen molar-refractivity contribution in [2.75, 3.05) is 0 Å². The summed E-state index contributed by atoms with van der Waals surface area (Å²) in [5.74, 6) is -0.790. The van der Waals surface area contributed by atoms with Crippen molar-refractivity contribution >= 4 is 35.2 Å². The summed E-state index contributed by atoms with van der Waals surface area (Å²) in [6, 6.07) is 13.7. The maximum Gasteiger partial charge on any atom is 0.262 e. The van der Waals surface area contributed by atoms with Crippen molar-refractivity contribution in [3.05, 3.63) is 69.2 Å². The second kappa shape index (κ2) is 7.87. The number of carbonyl (C=O) groups is 1. The Hall–Kier alpha value is -2.48. The number of amides is 1. The smallest absolute Gasteiger partial charge is 0.262 e. The summed E-state index contributed by atoms with van der Waals surface area (Å²) in [6.45, 7) is 1.82. The van der Waals surface area contributed by atoms with Crippen molar-refractivity contribution in [2.45, 2.75) is 13.0 Å². The van der Waals surface area contributed by atoms with Gasteiger partial charge in [-0.2, -0.15) is 5.26 Å². The molecular formula is C18H14Cl2N2O2. The average Bonchev–Trinajstić information content (AvgIpc) is 2.57. The predicted octanol–water partition coefficient (Wildman–Crippen LogP) is 4.48. The van der Waals surface area contributed by atoms with E-state index in [0.29, 0.717) is 5.02 Å². The van der Waals surface area contributed by atoms with Gasteiger partial charge in [-0.15, -0.1) is 0 Å². The fourth-order valence-electron chi connectivity index (χ4n) is 2.10. The van der Waals surface area contributed by atoms with Crippen LogP contribution >= 0.6 is 23.2 Å². The number of hydrogen-bond acceptors (Lipinski definition) is 3. The van der Waals surface area contributed by atoms with Crippen LogP contribution in [0.3, 0.4) is 0 Å². The molecule has 0 heterocycles. The SMILES string of the molecule is C[C@@H](NC(=O)/C(C#N)=C\c1cc(Cl)cc(Cl)c1O)c1ccccc1. The number of nitrogens with zero attached hydrogens (tertiary/aromatic N) is 1. The zero-order chi connectivity index (χ0) is 17.7. The number of benzene rings is 2. The third-order valence-electron chi connectivity index (χ3n) is 3.37. The van der Waals surface area contributed by atoms with Crippen molar-refractivity contribution in [1.82, 2.24) is 5.32 Å². The Labute approximate surface area is 149 Å². The van der Waals surface area contributed by atoms with Gasteiger partial charge in [-0.3, -0.25) is 4.79 Å². The first-order valence-electron chi connectivity index (χ1n) is 7.08. The van der Waals surface area contributed by atoms with Crippen molar-refractivity contribution in [1.29, 1.82) is 5.26 Å². The molecule has 0 aliphatic carbocycles. The van der Waals surface area contributed by atoms with Gasteiger partial charge in [-0.25, -0.2) is 0 Å². The molecule has 2 aromatic rings. The van der Waals surface area contributed by atoms with Crippen LogP contribution in [0.2, 0.25) is 10.0 Å². The van der Waals surface area contributed by atoms with Crippen molar-refractivity contribution in [3.63, 3.8) is 0 Å². The van der Waals surface area contributed by atoms with Gasteiger partial charge in [0.2, 0.25) is 0 Å². The van der Waals surface area contributed by atoms with Crippen LogP contribution in [0, 0.1) is 11.3 Å². The molecule has 0 radical (unpaired) electrons. The summed E-state index contributed by atoms with van der Waals surface area (Å²) in [5.41, 5.74) is 0.953. The number of halogens is 2. The van der Waals surface area contributed by atoms with E-state index in [-0.39, 0.29) is 28.0 Å². The van der Waals surface area contributed by atoms with E-state index in [1.807, 2.05) is 43.3 Å². The van der Waals surface area contributed by atoms with Crippen LogP contribution in [0.15, 0.2) is 48.0 Å². The molecule has 0 aromatic heterocycles. The molecule has 6 heteroatoms. The van der Waals surface area contributed by atoms with Gasteiger partial charge in [0.25, 0.3) is 5.91 Å². The number of nitrogens with one attached hydrogen (secondary N) is 1. The van der Waals surface area contributed by atoms with Gasteiger partial charge in [0.15, 0.2) is 0 Å². The Balaban J connectivity index is 2.25. The Morgan fingerprint density at radius 2 is 1.96 bits per heavy atom. The summed E-state index contributed by atoms with van der Waals surface area (Å²) in [7, 11) is 0. The van der Waals surface area contributed by atoms with Crippen LogP contribution in [-0.4, -0.2) is 11.0 Å². The summed E-state index contributed by atoms with van der Waals surface area (Å²) >= 11 is 11.7. The number of nitriles is 1. The molecule has 0 saturated carbocycles. The molecular weight excluding hydrogens is 347 g/mol. The number of phenols is 1. The summed E-state index contributed by atoms with van der Waals surface area (Å²) in [5, 5.41) is 22.3. The topological polar surface area (TPSA) is 73.1 Å². The molecule has 0 fully saturated rings. The molecule has 122 valence electrons. The van der Waals surface area contributed by atoms with E-state index in [1.54, 1.807) is 0 Å². The molecule has 2 aromatic carbocycles. The highest BCUT2D eigenvalue weighted by atomic mass is 35.5. The molecule has 0 bridgehead atoms. The van der Waals surface area contributed by atoms with E-state index in [4.69, 9.17) is 23.2 Å². The van der Waals surface area contributed by atoms with Crippen molar-refractivity contribution in [2.24, 2.45) is 0 Å². The molecule has 1 atom stereocenters. The van der Waals surface area contributed by atoms with E-state index in [2.05, 4.69) is 5.32 Å². The van der Waals surface area contributed by atoms with Gasteiger partial charge in [0, 0.05) is 10.6 Å². The fraction of sp³-hybridized carbons (Fsp3) is 0.111. The van der Waals surface area contributed by atoms with Crippen molar-refractivity contribution < 1.29 is 9.90 Å². The highest BCUT2D eigenvalue weighted by molar-refractivity contribution is 6.35. The van der Waals surface area contributed by atoms with Crippen LogP contribution in [0.1, 0.15) is 24.1 Å². The van der Waals surface area contributed by atoms with Gasteiger partial charge >= 0.3 is 0 Å². The number of hydrogen-bond donors (Lipinski definition) is 2. The van der Waals surface area contributed by atoms with Crippen LogP contribution in [0.25, 0.3) is 6.08 Å². The van der Waals surface area contributed by atoms with Gasteiger partial charge in [0.1, 0.15) is 17.4 Å². The minimum Gasteiger partial charge on any atom is -0.506 e. The monoisotopic (exact) mass is 360 g/mol. The lowest BCUT2D eigenvalue weighted by Crippen LogP contribution is -2.27. The predicted molar refractivity (Wildman–Crippen MR) is 94.7 cm³/mol. The first kappa shape index (κ1) is 17.9. The second-order valence-corrected chi connectivity index (χ2v) is 5.94. The highest BCUT2D eigenvalue weighted by Gasteiger charge is 2.15. The first-order chi connectivity index (χ1) is 11.4. The van der Waals surface area contributed by atoms with Gasteiger partial charge in [-0.05, 0) is 30.7 Å². The Kier molecular flexibility index (Phi) is 5.86. The molecule has 4 nitrogen and oxygen atoms in total. The number of phenolic OH excluding ortho intramolecular Hbond substituents is 1. The summed E-state index contributed by atoms with van der Waals surface area (Å²) in [4.78, 5) is 12.3. The molecule has 0 unspecified atom stereocenters. The minimum atomic E-state index is -0.552. The lowest BCUT2D eigenvalue weighted by molar-refractivity contribution is -0.117.